The van der Waals surface area contributed by atoms with E-state index in [2.05, 4.69) is 4.84 Å². The van der Waals surface area contributed by atoms with Crippen LogP contribution in [0.5, 0.6) is 0 Å². The molecule has 0 aliphatic heterocycles. The fourth-order valence-corrected chi connectivity index (χ4v) is 0.368. The van der Waals surface area contributed by atoms with Crippen molar-refractivity contribution in [3.8, 4) is 0 Å². The largest absolute Gasteiger partial charge is 0.530 e. The van der Waals surface area contributed by atoms with Crippen molar-refractivity contribution < 1.29 is 24.3 Å². The van der Waals surface area contributed by atoms with Crippen LogP contribution in [0.3, 0.4) is 0 Å². The predicted octanol–water partition coefficient (Wildman–Crippen LogP) is -0.357. The average Bonchev–Trinajstić information content (AvgIpc) is 1.86. The summed E-state index contributed by atoms with van der Waals surface area (Å²) in [4.78, 5) is 34.1. The van der Waals surface area contributed by atoms with E-state index in [0.717, 1.165) is 7.05 Å². The summed E-state index contributed by atoms with van der Waals surface area (Å²) in [5.74, 6) is -0.706. The molecule has 0 aromatic rings. The van der Waals surface area contributed by atoms with Gasteiger partial charge in [-0.1, -0.05) is 0 Å². The van der Waals surface area contributed by atoms with Gasteiger partial charge in [0, 0.05) is 7.05 Å². The van der Waals surface area contributed by atoms with Crippen LogP contribution in [0.4, 0.5) is 4.79 Å². The summed E-state index contributed by atoms with van der Waals surface area (Å²) in [5.41, 5.74) is 0. The van der Waals surface area contributed by atoms with E-state index in [1.165, 1.54) is 0 Å². The molecule has 0 heterocycles. The van der Waals surface area contributed by atoms with Crippen LogP contribution in [-0.2, 0) is 14.4 Å². The first-order valence-corrected chi connectivity index (χ1v) is 2.69. The predicted molar refractivity (Wildman–Crippen MR) is 32.6 cm³/mol. The molecule has 6 heteroatoms. The second-order valence-electron chi connectivity index (χ2n) is 1.62. The molecule has 0 bridgehead atoms. The lowest BCUT2D eigenvalue weighted by molar-refractivity contribution is -0.164. The molecule has 6 nitrogen and oxygen atoms in total. The molecular formula is C5H7NO5. The second kappa shape index (κ2) is 4.26. The molecule has 1 amide bonds. The second-order valence-corrected chi connectivity index (χ2v) is 1.62. The molecule has 0 aromatic heterocycles. The minimum Gasteiger partial charge on any atom is -0.448 e. The molecule has 0 aliphatic rings. The summed E-state index contributed by atoms with van der Waals surface area (Å²) in [6.07, 6.45) is -1.61. The summed E-state index contributed by atoms with van der Waals surface area (Å²) in [7, 11) is 1.11. The van der Waals surface area contributed by atoms with Crippen molar-refractivity contribution in [2.24, 2.45) is 0 Å². The van der Waals surface area contributed by atoms with Gasteiger partial charge in [0.15, 0.2) is 0 Å². The number of nitrogens with zero attached hydrogens (tertiary/aromatic N) is 1. The van der Waals surface area contributed by atoms with Gasteiger partial charge in [0.2, 0.25) is 0 Å². The normalized spacial score (nSPS) is 8.45. The Balaban J connectivity index is 3.81. The number of carboxylic acid groups (broad SMARTS) is 1. The first kappa shape index (κ1) is 9.41. The SMILES string of the molecule is CN(OC(=O)O)C(=O)CC=O. The maximum Gasteiger partial charge on any atom is 0.530 e. The first-order chi connectivity index (χ1) is 5.07. The highest BCUT2D eigenvalue weighted by atomic mass is 16.8. The monoisotopic (exact) mass is 161 g/mol. The third-order valence-electron chi connectivity index (χ3n) is 0.824. The smallest absolute Gasteiger partial charge is 0.448 e. The molecular weight excluding hydrogens is 154 g/mol. The molecule has 11 heavy (non-hydrogen) atoms. The number of hydrogen-bond acceptors (Lipinski definition) is 4. The number of rotatable bonds is 2. The standard InChI is InChI=1S/C5H7NO5/c1-6(11-5(9)10)4(8)2-3-7/h3H,2H2,1H3,(H,9,10). The summed E-state index contributed by atoms with van der Waals surface area (Å²) in [6, 6.07) is 0. The Morgan fingerprint density at radius 3 is 2.55 bits per heavy atom. The van der Waals surface area contributed by atoms with E-state index in [-0.39, 0.29) is 6.42 Å². The molecule has 0 unspecified atom stereocenters. The van der Waals surface area contributed by atoms with Gasteiger partial charge < -0.3 is 14.7 Å². The van der Waals surface area contributed by atoms with Gasteiger partial charge in [-0.15, -0.1) is 0 Å². The number of hydroxylamine groups is 2. The van der Waals surface area contributed by atoms with Crippen molar-refractivity contribution in [2.45, 2.75) is 6.42 Å². The van der Waals surface area contributed by atoms with Crippen LogP contribution in [0.25, 0.3) is 0 Å². The van der Waals surface area contributed by atoms with E-state index < -0.39 is 12.1 Å². The van der Waals surface area contributed by atoms with Gasteiger partial charge in [-0.3, -0.25) is 4.79 Å². The lowest BCUT2D eigenvalue weighted by Crippen LogP contribution is -2.29. The van der Waals surface area contributed by atoms with Crippen LogP contribution < -0.4 is 0 Å². The maximum atomic E-state index is 10.6. The van der Waals surface area contributed by atoms with Gasteiger partial charge in [0.1, 0.15) is 6.29 Å². The van der Waals surface area contributed by atoms with Crippen LogP contribution in [0.2, 0.25) is 0 Å². The molecule has 0 atom stereocenters. The lowest BCUT2D eigenvalue weighted by Gasteiger charge is -2.11. The number of amides is 1. The van der Waals surface area contributed by atoms with Gasteiger partial charge in [0.25, 0.3) is 5.91 Å². The zero-order valence-corrected chi connectivity index (χ0v) is 5.81. The summed E-state index contributed by atoms with van der Waals surface area (Å²) >= 11 is 0. The number of carbonyl (C=O) groups is 3. The highest BCUT2D eigenvalue weighted by Crippen LogP contribution is 1.89. The van der Waals surface area contributed by atoms with Gasteiger partial charge in [0.05, 0.1) is 6.42 Å². The summed E-state index contributed by atoms with van der Waals surface area (Å²) < 4.78 is 0. The summed E-state index contributed by atoms with van der Waals surface area (Å²) in [5, 5.41) is 8.48. The minimum atomic E-state index is -1.59. The fraction of sp³-hybridized carbons (Fsp3) is 0.400. The number of hydrogen-bond donors (Lipinski definition) is 1. The van der Waals surface area contributed by atoms with Crippen molar-refractivity contribution in [1.29, 1.82) is 0 Å². The Morgan fingerprint density at radius 1 is 1.64 bits per heavy atom. The van der Waals surface area contributed by atoms with Crippen LogP contribution in [0.1, 0.15) is 6.42 Å². The van der Waals surface area contributed by atoms with Crippen molar-refractivity contribution in [3.63, 3.8) is 0 Å². The van der Waals surface area contributed by atoms with Crippen LogP contribution in [0, 0.1) is 0 Å². The molecule has 0 aromatic carbocycles. The highest BCUT2D eigenvalue weighted by molar-refractivity contribution is 5.87. The van der Waals surface area contributed by atoms with Crippen molar-refractivity contribution in [1.82, 2.24) is 5.06 Å². The third kappa shape index (κ3) is 3.90. The minimum absolute atomic E-state index is 0.365. The fourth-order valence-electron chi connectivity index (χ4n) is 0.368. The Hall–Kier alpha value is -1.59. The average molecular weight is 161 g/mol. The zero-order chi connectivity index (χ0) is 8.85. The van der Waals surface area contributed by atoms with Crippen LogP contribution >= 0.6 is 0 Å². The van der Waals surface area contributed by atoms with E-state index in [9.17, 15) is 14.4 Å². The highest BCUT2D eigenvalue weighted by Gasteiger charge is 2.11. The zero-order valence-electron chi connectivity index (χ0n) is 5.81. The molecule has 0 saturated heterocycles. The van der Waals surface area contributed by atoms with E-state index in [1.54, 1.807) is 0 Å². The molecule has 0 aliphatic carbocycles. The Morgan fingerprint density at radius 2 is 2.18 bits per heavy atom. The maximum absolute atomic E-state index is 10.6. The number of carbonyl (C=O) groups excluding carboxylic acids is 2. The lowest BCUT2D eigenvalue weighted by atomic mass is 10.4. The van der Waals surface area contributed by atoms with Gasteiger partial charge >= 0.3 is 6.16 Å². The van der Waals surface area contributed by atoms with Crippen LogP contribution in [-0.4, -0.2) is 35.6 Å². The molecule has 0 fully saturated rings. The Labute approximate surface area is 62.3 Å². The van der Waals surface area contributed by atoms with Gasteiger partial charge in [-0.2, -0.15) is 5.06 Å². The summed E-state index contributed by atoms with van der Waals surface area (Å²) in [6.45, 7) is 0. The van der Waals surface area contributed by atoms with Crippen molar-refractivity contribution in [3.05, 3.63) is 0 Å². The molecule has 0 radical (unpaired) electrons. The van der Waals surface area contributed by atoms with Crippen LogP contribution in [0.15, 0.2) is 0 Å². The van der Waals surface area contributed by atoms with E-state index in [0.29, 0.717) is 11.3 Å². The van der Waals surface area contributed by atoms with E-state index in [4.69, 9.17) is 5.11 Å². The molecule has 1 N–H and O–H groups in total. The first-order valence-electron chi connectivity index (χ1n) is 2.69. The van der Waals surface area contributed by atoms with Gasteiger partial charge in [-0.25, -0.2) is 4.79 Å². The quantitative estimate of drug-likeness (QED) is 0.339. The topological polar surface area (TPSA) is 83.9 Å². The Kier molecular flexibility index (Phi) is 3.65. The van der Waals surface area contributed by atoms with Crippen molar-refractivity contribution >= 4 is 18.3 Å². The molecule has 0 rings (SSSR count). The third-order valence-corrected chi connectivity index (χ3v) is 0.824. The molecule has 0 spiro atoms. The van der Waals surface area contributed by atoms with E-state index in [1.807, 2.05) is 0 Å². The Bertz CT molecular complexity index is 178. The van der Waals surface area contributed by atoms with Crippen molar-refractivity contribution in [2.75, 3.05) is 7.05 Å². The van der Waals surface area contributed by atoms with Gasteiger partial charge in [-0.05, 0) is 0 Å². The number of aldehydes is 1. The molecule has 0 saturated carbocycles. The van der Waals surface area contributed by atoms with E-state index >= 15 is 0 Å². The molecule has 62 valence electrons.